The van der Waals surface area contributed by atoms with Crippen molar-refractivity contribution < 1.29 is 9.90 Å². The average molecular weight is 212 g/mol. The van der Waals surface area contributed by atoms with E-state index < -0.39 is 5.41 Å². The van der Waals surface area contributed by atoms with E-state index in [9.17, 15) is 4.79 Å². The second kappa shape index (κ2) is 5.72. The molecule has 0 aliphatic carbocycles. The van der Waals surface area contributed by atoms with Crippen molar-refractivity contribution >= 4 is 5.91 Å². The summed E-state index contributed by atoms with van der Waals surface area (Å²) < 4.78 is 0. The topological polar surface area (TPSA) is 73.1 Å². The molecule has 4 nitrogen and oxygen atoms in total. The van der Waals surface area contributed by atoms with Gasteiger partial charge in [0.2, 0.25) is 5.91 Å². The molecule has 0 spiro atoms. The molecule has 0 bridgehead atoms. The summed E-state index contributed by atoms with van der Waals surface area (Å²) in [6, 6.07) is 1.72. The monoisotopic (exact) mass is 212 g/mol. The zero-order valence-corrected chi connectivity index (χ0v) is 9.87. The Morgan fingerprint density at radius 1 is 1.60 bits per heavy atom. The first-order valence-corrected chi connectivity index (χ1v) is 5.24. The Morgan fingerprint density at radius 3 is 2.40 bits per heavy atom. The van der Waals surface area contributed by atoms with Crippen molar-refractivity contribution in [2.45, 2.75) is 40.2 Å². The summed E-state index contributed by atoms with van der Waals surface area (Å²) >= 11 is 0. The lowest BCUT2D eigenvalue weighted by molar-refractivity contribution is -0.129. The van der Waals surface area contributed by atoms with Gasteiger partial charge in [0.1, 0.15) is 5.41 Å². The number of hydrogen-bond donors (Lipinski definition) is 2. The van der Waals surface area contributed by atoms with E-state index in [4.69, 9.17) is 10.4 Å². The van der Waals surface area contributed by atoms with Crippen LogP contribution in [0.4, 0.5) is 0 Å². The minimum absolute atomic E-state index is 0.103. The number of amides is 1. The molecule has 0 rings (SSSR count). The van der Waals surface area contributed by atoms with Crippen LogP contribution in [0.1, 0.15) is 34.1 Å². The third-order valence-electron chi connectivity index (χ3n) is 2.77. The van der Waals surface area contributed by atoms with Crippen LogP contribution in [0.2, 0.25) is 0 Å². The molecule has 0 aromatic heterocycles. The molecule has 2 N–H and O–H groups in total. The summed E-state index contributed by atoms with van der Waals surface area (Å²) in [4.78, 5) is 11.8. The molecular formula is C11H20N2O2. The maximum atomic E-state index is 11.8. The summed E-state index contributed by atoms with van der Waals surface area (Å²) in [7, 11) is 0. The molecule has 0 saturated heterocycles. The van der Waals surface area contributed by atoms with Gasteiger partial charge in [-0.25, -0.2) is 0 Å². The second-order valence-corrected chi connectivity index (χ2v) is 4.30. The predicted octanol–water partition coefficient (Wildman–Crippen LogP) is 1.06. The van der Waals surface area contributed by atoms with Gasteiger partial charge < -0.3 is 10.4 Å². The Labute approximate surface area is 91.3 Å². The normalized spacial score (nSPS) is 16.6. The van der Waals surface area contributed by atoms with Crippen molar-refractivity contribution in [2.24, 2.45) is 11.3 Å². The number of hydrogen-bond acceptors (Lipinski definition) is 3. The number of aliphatic hydroxyl groups excluding tert-OH is 1. The van der Waals surface area contributed by atoms with E-state index in [0.717, 1.165) is 0 Å². The highest BCUT2D eigenvalue weighted by molar-refractivity contribution is 5.85. The highest BCUT2D eigenvalue weighted by Gasteiger charge is 2.32. The van der Waals surface area contributed by atoms with E-state index in [0.29, 0.717) is 6.42 Å². The highest BCUT2D eigenvalue weighted by atomic mass is 16.3. The smallest absolute Gasteiger partial charge is 0.240 e. The first kappa shape index (κ1) is 13.9. The van der Waals surface area contributed by atoms with Crippen LogP contribution in [-0.4, -0.2) is 23.7 Å². The van der Waals surface area contributed by atoms with Crippen LogP contribution >= 0.6 is 0 Å². The molecule has 1 unspecified atom stereocenters. The molecule has 86 valence electrons. The molecular weight excluding hydrogens is 192 g/mol. The molecule has 1 amide bonds. The van der Waals surface area contributed by atoms with Gasteiger partial charge in [0.05, 0.1) is 18.7 Å². The number of aliphatic hydroxyl groups is 1. The van der Waals surface area contributed by atoms with Gasteiger partial charge in [-0.1, -0.05) is 20.8 Å². The molecule has 0 heterocycles. The Bertz CT molecular complexity index is 258. The van der Waals surface area contributed by atoms with E-state index in [2.05, 4.69) is 5.32 Å². The van der Waals surface area contributed by atoms with Crippen LogP contribution in [0.15, 0.2) is 0 Å². The molecule has 0 aliphatic rings. The van der Waals surface area contributed by atoms with E-state index in [1.165, 1.54) is 0 Å². The fourth-order valence-corrected chi connectivity index (χ4v) is 1.04. The fourth-order valence-electron chi connectivity index (χ4n) is 1.04. The standard InChI is InChI=1S/C11H20N2O2/c1-5-11(4,7-12)10(15)13-9(6-14)8(2)3/h8-9,14H,5-6H2,1-4H3,(H,13,15)/t9-,11?/m1/s1. The van der Waals surface area contributed by atoms with Gasteiger partial charge >= 0.3 is 0 Å². The summed E-state index contributed by atoms with van der Waals surface area (Å²) in [6.45, 7) is 7.13. The first-order valence-electron chi connectivity index (χ1n) is 5.24. The lowest BCUT2D eigenvalue weighted by Gasteiger charge is -2.25. The molecule has 15 heavy (non-hydrogen) atoms. The van der Waals surface area contributed by atoms with Gasteiger partial charge in [0, 0.05) is 0 Å². The molecule has 0 fully saturated rings. The maximum Gasteiger partial charge on any atom is 0.240 e. The fraction of sp³-hybridized carbons (Fsp3) is 0.818. The van der Waals surface area contributed by atoms with Gasteiger partial charge in [-0.3, -0.25) is 4.79 Å². The zero-order valence-electron chi connectivity index (χ0n) is 9.87. The van der Waals surface area contributed by atoms with Crippen LogP contribution in [0.3, 0.4) is 0 Å². The summed E-state index contributed by atoms with van der Waals surface area (Å²) in [5, 5.41) is 20.7. The van der Waals surface area contributed by atoms with E-state index >= 15 is 0 Å². The van der Waals surface area contributed by atoms with E-state index in [1.54, 1.807) is 13.8 Å². The van der Waals surface area contributed by atoms with Crippen LogP contribution in [0.5, 0.6) is 0 Å². The Morgan fingerprint density at radius 2 is 2.13 bits per heavy atom. The van der Waals surface area contributed by atoms with Crippen molar-refractivity contribution in [1.82, 2.24) is 5.32 Å². The number of carbonyl (C=O) groups excluding carboxylic acids is 1. The largest absolute Gasteiger partial charge is 0.394 e. The minimum atomic E-state index is -0.998. The van der Waals surface area contributed by atoms with Gasteiger partial charge in [0.15, 0.2) is 0 Å². The third kappa shape index (κ3) is 3.52. The van der Waals surface area contributed by atoms with Crippen molar-refractivity contribution in [3.05, 3.63) is 0 Å². The number of rotatable bonds is 5. The van der Waals surface area contributed by atoms with Crippen LogP contribution in [0, 0.1) is 22.7 Å². The van der Waals surface area contributed by atoms with Gasteiger partial charge in [0.25, 0.3) is 0 Å². The lowest BCUT2D eigenvalue weighted by Crippen LogP contribution is -2.47. The number of nitrogens with one attached hydrogen (secondary N) is 1. The predicted molar refractivity (Wildman–Crippen MR) is 57.9 cm³/mol. The van der Waals surface area contributed by atoms with Crippen molar-refractivity contribution in [1.29, 1.82) is 5.26 Å². The lowest BCUT2D eigenvalue weighted by atomic mass is 9.87. The van der Waals surface area contributed by atoms with Crippen molar-refractivity contribution in [3.63, 3.8) is 0 Å². The third-order valence-corrected chi connectivity index (χ3v) is 2.77. The highest BCUT2D eigenvalue weighted by Crippen LogP contribution is 2.20. The second-order valence-electron chi connectivity index (χ2n) is 4.30. The van der Waals surface area contributed by atoms with Crippen molar-refractivity contribution in [3.8, 4) is 6.07 Å². The molecule has 4 heteroatoms. The van der Waals surface area contributed by atoms with Gasteiger partial charge in [-0.15, -0.1) is 0 Å². The SMILES string of the molecule is CCC(C)(C#N)C(=O)N[C@H](CO)C(C)C. The van der Waals surface area contributed by atoms with Crippen molar-refractivity contribution in [2.75, 3.05) is 6.61 Å². The molecule has 0 aromatic rings. The van der Waals surface area contributed by atoms with Gasteiger partial charge in [-0.05, 0) is 19.3 Å². The summed E-state index contributed by atoms with van der Waals surface area (Å²) in [5.41, 5.74) is -0.998. The Balaban J connectivity index is 4.54. The first-order chi connectivity index (χ1) is 6.91. The maximum absolute atomic E-state index is 11.8. The quantitative estimate of drug-likeness (QED) is 0.715. The Kier molecular flexibility index (Phi) is 5.31. The Hall–Kier alpha value is -1.08. The number of nitriles is 1. The van der Waals surface area contributed by atoms with E-state index in [1.807, 2.05) is 19.9 Å². The molecule has 0 saturated carbocycles. The zero-order chi connectivity index (χ0) is 12.1. The molecule has 2 atom stereocenters. The summed E-state index contributed by atoms with van der Waals surface area (Å²) in [5.74, 6) is -0.154. The molecule has 0 aliphatic heterocycles. The average Bonchev–Trinajstić information content (AvgIpc) is 2.23. The van der Waals surface area contributed by atoms with Crippen LogP contribution < -0.4 is 5.32 Å². The van der Waals surface area contributed by atoms with Gasteiger partial charge in [-0.2, -0.15) is 5.26 Å². The van der Waals surface area contributed by atoms with E-state index in [-0.39, 0.29) is 24.5 Å². The number of nitrogens with zero attached hydrogens (tertiary/aromatic N) is 1. The molecule has 0 aromatic carbocycles. The summed E-state index contributed by atoms with van der Waals surface area (Å²) in [6.07, 6.45) is 0.464. The molecule has 0 radical (unpaired) electrons. The van der Waals surface area contributed by atoms with Crippen LogP contribution in [0.25, 0.3) is 0 Å². The number of carbonyl (C=O) groups is 1. The minimum Gasteiger partial charge on any atom is -0.394 e. The van der Waals surface area contributed by atoms with Crippen LogP contribution in [-0.2, 0) is 4.79 Å².